The van der Waals surface area contributed by atoms with Crippen molar-refractivity contribution in [2.24, 2.45) is 0 Å². The summed E-state index contributed by atoms with van der Waals surface area (Å²) >= 11 is 0. The van der Waals surface area contributed by atoms with Crippen molar-refractivity contribution >= 4 is 0 Å². The Hall–Kier alpha value is -1.56. The third-order valence-corrected chi connectivity index (χ3v) is 3.04. The van der Waals surface area contributed by atoms with Gasteiger partial charge in [-0.1, -0.05) is 0 Å². The van der Waals surface area contributed by atoms with Crippen LogP contribution in [0.5, 0.6) is 0 Å². The van der Waals surface area contributed by atoms with Gasteiger partial charge in [-0.2, -0.15) is 0 Å². The molecule has 2 aromatic heterocycles. The van der Waals surface area contributed by atoms with E-state index in [-0.39, 0.29) is 13.0 Å². The van der Waals surface area contributed by atoms with Crippen LogP contribution in [0.4, 0.5) is 0 Å². The van der Waals surface area contributed by atoms with E-state index in [1.54, 1.807) is 17.0 Å². The lowest BCUT2D eigenvalue weighted by Gasteiger charge is -2.22. The van der Waals surface area contributed by atoms with Crippen LogP contribution in [0.15, 0.2) is 49.1 Å². The second kappa shape index (κ2) is 8.58. The molecule has 1 aliphatic rings. The van der Waals surface area contributed by atoms with Gasteiger partial charge in [-0.15, -0.1) is 0 Å². The second-order valence-electron chi connectivity index (χ2n) is 4.63. The molecule has 110 valence electrons. The maximum Gasteiger partial charge on any atom is 0.159 e. The molecule has 0 radical (unpaired) electrons. The predicted octanol–water partition coefficient (Wildman–Crippen LogP) is 2.43. The number of hydrogen-bond acceptors (Lipinski definition) is 3. The van der Waals surface area contributed by atoms with Crippen LogP contribution >= 0.6 is 0 Å². The van der Waals surface area contributed by atoms with E-state index in [4.69, 9.17) is 14.6 Å². The molecule has 20 heavy (non-hydrogen) atoms. The fourth-order valence-corrected chi connectivity index (χ4v) is 1.93. The van der Waals surface area contributed by atoms with Crippen LogP contribution in [-0.2, 0) is 22.9 Å². The molecule has 0 saturated carbocycles. The van der Waals surface area contributed by atoms with Crippen LogP contribution in [0.1, 0.15) is 19.3 Å². The molecule has 1 saturated heterocycles. The van der Waals surface area contributed by atoms with Gasteiger partial charge in [0.15, 0.2) is 6.29 Å². The molecule has 0 bridgehead atoms. The first-order chi connectivity index (χ1) is 9.88. The van der Waals surface area contributed by atoms with Crippen molar-refractivity contribution in [2.75, 3.05) is 6.61 Å². The molecule has 0 aliphatic carbocycles. The summed E-state index contributed by atoms with van der Waals surface area (Å²) in [5.41, 5.74) is 0. The Morgan fingerprint density at radius 1 is 1.00 bits per heavy atom. The van der Waals surface area contributed by atoms with E-state index in [0.717, 1.165) is 13.0 Å². The van der Waals surface area contributed by atoms with E-state index in [9.17, 15) is 0 Å². The lowest BCUT2D eigenvalue weighted by molar-refractivity contribution is -0.180. The Kier molecular flexibility index (Phi) is 6.37. The summed E-state index contributed by atoms with van der Waals surface area (Å²) in [5, 5.41) is 8.39. The molecule has 1 unspecified atom stereocenters. The fourth-order valence-electron chi connectivity index (χ4n) is 1.93. The van der Waals surface area contributed by atoms with E-state index in [1.165, 1.54) is 12.8 Å². The monoisotopic (exact) mass is 278 g/mol. The Morgan fingerprint density at radius 3 is 2.15 bits per heavy atom. The first kappa shape index (κ1) is 14.8. The lowest BCUT2D eigenvalue weighted by Crippen LogP contribution is -2.23. The highest BCUT2D eigenvalue weighted by Crippen LogP contribution is 2.13. The molecule has 0 amide bonds. The van der Waals surface area contributed by atoms with Gasteiger partial charge in [0.2, 0.25) is 0 Å². The number of ether oxygens (including phenoxy) is 2. The zero-order valence-corrected chi connectivity index (χ0v) is 11.6. The highest BCUT2D eigenvalue weighted by atomic mass is 16.7. The molecule has 0 aromatic carbocycles. The van der Waals surface area contributed by atoms with Gasteiger partial charge in [0.05, 0.1) is 0 Å². The summed E-state index contributed by atoms with van der Waals surface area (Å²) in [6, 6.07) is 7.72. The minimum absolute atomic E-state index is 0.0103. The number of aliphatic hydroxyl groups is 1. The van der Waals surface area contributed by atoms with Crippen LogP contribution in [0.3, 0.4) is 0 Å². The van der Waals surface area contributed by atoms with Crippen molar-refractivity contribution in [3.05, 3.63) is 49.1 Å². The quantitative estimate of drug-likeness (QED) is 0.934. The Morgan fingerprint density at radius 2 is 1.65 bits per heavy atom. The van der Waals surface area contributed by atoms with Gasteiger partial charge >= 0.3 is 0 Å². The van der Waals surface area contributed by atoms with Crippen LogP contribution in [0.25, 0.3) is 0 Å². The third kappa shape index (κ3) is 5.21. The lowest BCUT2D eigenvalue weighted by atomic mass is 10.2. The summed E-state index contributed by atoms with van der Waals surface area (Å²) in [6.45, 7) is 1.51. The fraction of sp³-hybridized carbons (Fsp3) is 0.467. The molecular formula is C15H22N2O3. The van der Waals surface area contributed by atoms with E-state index >= 15 is 0 Å². The van der Waals surface area contributed by atoms with Gasteiger partial charge in [-0.05, 0) is 43.5 Å². The van der Waals surface area contributed by atoms with Gasteiger partial charge in [-0.3, -0.25) is 0 Å². The number of rotatable bonds is 4. The molecule has 0 spiro atoms. The van der Waals surface area contributed by atoms with Crippen molar-refractivity contribution in [1.82, 2.24) is 9.13 Å². The first-order valence-electron chi connectivity index (χ1n) is 6.94. The molecule has 2 aromatic rings. The van der Waals surface area contributed by atoms with Gasteiger partial charge < -0.3 is 23.7 Å². The van der Waals surface area contributed by atoms with E-state index in [2.05, 4.69) is 0 Å². The van der Waals surface area contributed by atoms with Crippen molar-refractivity contribution in [2.45, 2.75) is 39.0 Å². The molecule has 5 heteroatoms. The minimum Gasteiger partial charge on any atom is -0.376 e. The van der Waals surface area contributed by atoms with Crippen LogP contribution < -0.4 is 0 Å². The Balaban J connectivity index is 0.000000178. The smallest absolute Gasteiger partial charge is 0.159 e. The molecule has 1 atom stereocenters. The Labute approximate surface area is 119 Å². The van der Waals surface area contributed by atoms with Crippen LogP contribution in [-0.4, -0.2) is 27.1 Å². The molecule has 5 nitrogen and oxygen atoms in total. The van der Waals surface area contributed by atoms with Crippen molar-refractivity contribution < 1.29 is 14.6 Å². The molecule has 1 fully saturated rings. The Bertz CT molecular complexity index is 434. The summed E-state index contributed by atoms with van der Waals surface area (Å²) in [5.74, 6) is 0. The second-order valence-corrected chi connectivity index (χ2v) is 4.63. The van der Waals surface area contributed by atoms with E-state index in [0.29, 0.717) is 6.73 Å². The summed E-state index contributed by atoms with van der Waals surface area (Å²) < 4.78 is 14.7. The van der Waals surface area contributed by atoms with E-state index < -0.39 is 0 Å². The average Bonchev–Trinajstić information content (AvgIpc) is 3.20. The predicted molar refractivity (Wildman–Crippen MR) is 75.8 cm³/mol. The number of nitrogens with zero attached hydrogens (tertiary/aromatic N) is 2. The zero-order chi connectivity index (χ0) is 14.0. The third-order valence-electron chi connectivity index (χ3n) is 3.04. The van der Waals surface area contributed by atoms with E-state index in [1.807, 2.05) is 41.2 Å². The number of aromatic nitrogens is 2. The average molecular weight is 278 g/mol. The molecular weight excluding hydrogens is 256 g/mol. The maximum atomic E-state index is 8.39. The largest absolute Gasteiger partial charge is 0.376 e. The molecule has 1 N–H and O–H groups in total. The number of aliphatic hydroxyl groups excluding tert-OH is 1. The first-order valence-corrected chi connectivity index (χ1v) is 6.94. The van der Waals surface area contributed by atoms with Gasteiger partial charge in [-0.25, -0.2) is 0 Å². The molecule has 3 rings (SSSR count). The van der Waals surface area contributed by atoms with Gasteiger partial charge in [0.25, 0.3) is 0 Å². The molecule has 3 heterocycles. The van der Waals surface area contributed by atoms with Crippen molar-refractivity contribution in [3.8, 4) is 0 Å². The highest BCUT2D eigenvalue weighted by Gasteiger charge is 2.13. The summed E-state index contributed by atoms with van der Waals surface area (Å²) in [7, 11) is 0. The summed E-state index contributed by atoms with van der Waals surface area (Å²) in [4.78, 5) is 0. The zero-order valence-electron chi connectivity index (χ0n) is 11.6. The molecule has 1 aliphatic heterocycles. The SMILES string of the molecule is OCn1cccc1.c1ccn(COC2CCCCO2)c1. The number of hydrogen-bond donors (Lipinski definition) is 1. The van der Waals surface area contributed by atoms with Gasteiger partial charge in [0.1, 0.15) is 13.5 Å². The summed E-state index contributed by atoms with van der Waals surface area (Å²) in [6.07, 6.45) is 11.0. The van der Waals surface area contributed by atoms with Crippen LogP contribution in [0, 0.1) is 0 Å². The van der Waals surface area contributed by atoms with Crippen LogP contribution in [0.2, 0.25) is 0 Å². The standard InChI is InChI=1S/C10H15NO2.C5H7NO/c1-4-8-12-10(5-1)13-9-11-6-2-3-7-11;7-5-6-3-1-2-4-6/h2-3,6-7,10H,1,4-5,8-9H2;1-4,7H,5H2. The minimum atomic E-state index is 0.0103. The van der Waals surface area contributed by atoms with Crippen molar-refractivity contribution in [1.29, 1.82) is 0 Å². The van der Waals surface area contributed by atoms with Gasteiger partial charge in [0, 0.05) is 31.4 Å². The highest BCUT2D eigenvalue weighted by molar-refractivity contribution is 4.89. The van der Waals surface area contributed by atoms with Crippen molar-refractivity contribution in [3.63, 3.8) is 0 Å². The normalized spacial score (nSPS) is 18.4. The topological polar surface area (TPSA) is 48.5 Å². The maximum absolute atomic E-state index is 8.39.